The van der Waals surface area contributed by atoms with Crippen LogP contribution in [0.5, 0.6) is 0 Å². The summed E-state index contributed by atoms with van der Waals surface area (Å²) in [5.41, 5.74) is 0.354. The lowest BCUT2D eigenvalue weighted by Crippen LogP contribution is -2.10. The lowest BCUT2D eigenvalue weighted by Gasteiger charge is -2.07. The molecule has 1 saturated carbocycles. The molecule has 60 valence electrons. The molecule has 0 spiro atoms. The molecule has 0 aliphatic heterocycles. The van der Waals surface area contributed by atoms with E-state index in [1.165, 1.54) is 18.7 Å². The van der Waals surface area contributed by atoms with Crippen LogP contribution in [-0.2, 0) is 12.0 Å². The zero-order valence-electron chi connectivity index (χ0n) is 7.04. The number of nitrogens with zero attached hydrogens (tertiary/aromatic N) is 3. The summed E-state index contributed by atoms with van der Waals surface area (Å²) in [6, 6.07) is 0. The van der Waals surface area contributed by atoms with E-state index in [4.69, 9.17) is 0 Å². The third-order valence-corrected chi connectivity index (χ3v) is 2.50. The first-order valence-electron chi connectivity index (χ1n) is 4.14. The van der Waals surface area contributed by atoms with Crippen LogP contribution < -0.4 is 0 Å². The van der Waals surface area contributed by atoms with Crippen molar-refractivity contribution in [2.45, 2.75) is 38.6 Å². The Morgan fingerprint density at radius 1 is 1.64 bits per heavy atom. The fourth-order valence-corrected chi connectivity index (χ4v) is 1.36. The second-order valence-electron chi connectivity index (χ2n) is 3.50. The van der Waals surface area contributed by atoms with Gasteiger partial charge in [0.25, 0.3) is 0 Å². The molecule has 2 rings (SSSR count). The molecule has 1 aromatic heterocycles. The monoisotopic (exact) mass is 151 g/mol. The van der Waals surface area contributed by atoms with Gasteiger partial charge in [-0.15, -0.1) is 10.2 Å². The predicted octanol–water partition coefficient (Wildman–Crippen LogP) is 1.35. The van der Waals surface area contributed by atoms with Crippen molar-refractivity contribution >= 4 is 0 Å². The molecule has 0 aromatic carbocycles. The normalized spacial score (nSPS) is 20.2. The van der Waals surface area contributed by atoms with E-state index in [0.717, 1.165) is 6.54 Å². The van der Waals surface area contributed by atoms with Crippen LogP contribution in [-0.4, -0.2) is 14.8 Å². The lowest BCUT2D eigenvalue weighted by atomic mass is 10.1. The Labute approximate surface area is 66.4 Å². The Balaban J connectivity index is 2.36. The van der Waals surface area contributed by atoms with Gasteiger partial charge < -0.3 is 4.57 Å². The van der Waals surface area contributed by atoms with Crippen LogP contribution in [0.3, 0.4) is 0 Å². The maximum Gasteiger partial charge on any atom is 0.138 e. The van der Waals surface area contributed by atoms with Gasteiger partial charge in [-0.2, -0.15) is 0 Å². The third-order valence-electron chi connectivity index (χ3n) is 2.50. The van der Waals surface area contributed by atoms with E-state index in [2.05, 4.69) is 28.6 Å². The van der Waals surface area contributed by atoms with E-state index in [-0.39, 0.29) is 0 Å². The first-order chi connectivity index (χ1) is 5.26. The highest BCUT2D eigenvalue weighted by atomic mass is 15.3. The molecule has 0 atom stereocenters. The molecule has 11 heavy (non-hydrogen) atoms. The molecule has 0 radical (unpaired) electrons. The fraction of sp³-hybridized carbons (Fsp3) is 0.750. The van der Waals surface area contributed by atoms with Crippen LogP contribution in [0.15, 0.2) is 6.33 Å². The van der Waals surface area contributed by atoms with Gasteiger partial charge in [0.15, 0.2) is 0 Å². The minimum absolute atomic E-state index is 0.354. The summed E-state index contributed by atoms with van der Waals surface area (Å²) in [7, 11) is 0. The van der Waals surface area contributed by atoms with Gasteiger partial charge >= 0.3 is 0 Å². The summed E-state index contributed by atoms with van der Waals surface area (Å²) in [4.78, 5) is 0. The zero-order valence-corrected chi connectivity index (χ0v) is 7.04. The topological polar surface area (TPSA) is 30.7 Å². The Hall–Kier alpha value is -0.860. The van der Waals surface area contributed by atoms with Gasteiger partial charge in [0.05, 0.1) is 0 Å². The van der Waals surface area contributed by atoms with E-state index in [0.29, 0.717) is 5.41 Å². The van der Waals surface area contributed by atoms with E-state index in [9.17, 15) is 0 Å². The largest absolute Gasteiger partial charge is 0.317 e. The summed E-state index contributed by atoms with van der Waals surface area (Å²) < 4.78 is 2.13. The van der Waals surface area contributed by atoms with Crippen molar-refractivity contribution < 1.29 is 0 Å². The van der Waals surface area contributed by atoms with Crippen LogP contribution >= 0.6 is 0 Å². The van der Waals surface area contributed by atoms with Crippen LogP contribution in [0.25, 0.3) is 0 Å². The maximum atomic E-state index is 4.13. The van der Waals surface area contributed by atoms with Crippen molar-refractivity contribution in [1.82, 2.24) is 14.8 Å². The number of hydrogen-bond acceptors (Lipinski definition) is 2. The number of hydrogen-bond donors (Lipinski definition) is 0. The maximum absolute atomic E-state index is 4.13. The molecule has 3 nitrogen and oxygen atoms in total. The van der Waals surface area contributed by atoms with Crippen molar-refractivity contribution in [2.24, 2.45) is 0 Å². The van der Waals surface area contributed by atoms with Gasteiger partial charge in [-0.1, -0.05) is 6.92 Å². The molecule has 0 unspecified atom stereocenters. The van der Waals surface area contributed by atoms with Gasteiger partial charge in [0.1, 0.15) is 12.2 Å². The summed E-state index contributed by atoms with van der Waals surface area (Å²) in [5, 5.41) is 8.05. The van der Waals surface area contributed by atoms with Crippen molar-refractivity contribution in [3.63, 3.8) is 0 Å². The molecule has 0 N–H and O–H groups in total. The number of aryl methyl sites for hydroxylation is 1. The second-order valence-corrected chi connectivity index (χ2v) is 3.50. The van der Waals surface area contributed by atoms with Crippen molar-refractivity contribution in [3.8, 4) is 0 Å². The van der Waals surface area contributed by atoms with E-state index >= 15 is 0 Å². The SMILES string of the molecule is CCn1cnnc1C1(C)CC1. The van der Waals surface area contributed by atoms with Crippen LogP contribution in [0, 0.1) is 0 Å². The van der Waals surface area contributed by atoms with Crippen LogP contribution in [0.2, 0.25) is 0 Å². The molecule has 3 heteroatoms. The Bertz CT molecular complexity index is 260. The van der Waals surface area contributed by atoms with E-state index in [1.807, 2.05) is 6.33 Å². The summed E-state index contributed by atoms with van der Waals surface area (Å²) in [6.07, 6.45) is 4.36. The summed E-state index contributed by atoms with van der Waals surface area (Å²) in [5.74, 6) is 1.17. The number of rotatable bonds is 2. The van der Waals surface area contributed by atoms with E-state index < -0.39 is 0 Å². The molecular weight excluding hydrogens is 138 g/mol. The third kappa shape index (κ3) is 0.951. The van der Waals surface area contributed by atoms with Gasteiger partial charge in [0.2, 0.25) is 0 Å². The van der Waals surface area contributed by atoms with Gasteiger partial charge in [-0.3, -0.25) is 0 Å². The van der Waals surface area contributed by atoms with E-state index in [1.54, 1.807) is 0 Å². The quantitative estimate of drug-likeness (QED) is 0.638. The summed E-state index contributed by atoms with van der Waals surface area (Å²) in [6.45, 7) is 5.36. The van der Waals surface area contributed by atoms with Gasteiger partial charge in [-0.25, -0.2) is 0 Å². The predicted molar refractivity (Wildman–Crippen MR) is 42.3 cm³/mol. The van der Waals surface area contributed by atoms with Crippen LogP contribution in [0.4, 0.5) is 0 Å². The lowest BCUT2D eigenvalue weighted by molar-refractivity contribution is 0.616. The average Bonchev–Trinajstić information content (AvgIpc) is 2.61. The average molecular weight is 151 g/mol. The van der Waals surface area contributed by atoms with Gasteiger partial charge in [-0.05, 0) is 19.8 Å². The Kier molecular flexibility index (Phi) is 1.28. The Morgan fingerprint density at radius 2 is 2.36 bits per heavy atom. The molecular formula is C8H13N3. The number of aromatic nitrogens is 3. The molecule has 0 amide bonds. The standard InChI is InChI=1S/C8H13N3/c1-3-11-6-9-10-7(11)8(2)4-5-8/h6H,3-5H2,1-2H3. The van der Waals surface area contributed by atoms with Crippen molar-refractivity contribution in [2.75, 3.05) is 0 Å². The van der Waals surface area contributed by atoms with Crippen molar-refractivity contribution in [3.05, 3.63) is 12.2 Å². The molecule has 1 heterocycles. The highest BCUT2D eigenvalue weighted by Gasteiger charge is 2.43. The molecule has 1 aliphatic carbocycles. The minimum Gasteiger partial charge on any atom is -0.317 e. The van der Waals surface area contributed by atoms with Crippen LogP contribution in [0.1, 0.15) is 32.5 Å². The van der Waals surface area contributed by atoms with Crippen molar-refractivity contribution in [1.29, 1.82) is 0 Å². The minimum atomic E-state index is 0.354. The zero-order chi connectivity index (χ0) is 7.90. The summed E-state index contributed by atoms with van der Waals surface area (Å²) >= 11 is 0. The second kappa shape index (κ2) is 2.06. The first-order valence-corrected chi connectivity index (χ1v) is 4.14. The molecule has 1 aliphatic rings. The molecule has 0 saturated heterocycles. The molecule has 0 bridgehead atoms. The molecule has 1 fully saturated rings. The van der Waals surface area contributed by atoms with Gasteiger partial charge in [0, 0.05) is 12.0 Å². The smallest absolute Gasteiger partial charge is 0.138 e. The highest BCUT2D eigenvalue weighted by molar-refractivity contribution is 5.15. The molecule has 1 aromatic rings. The fourth-order valence-electron chi connectivity index (χ4n) is 1.36. The highest BCUT2D eigenvalue weighted by Crippen LogP contribution is 2.46. The first kappa shape index (κ1) is 6.83. The Morgan fingerprint density at radius 3 is 2.91 bits per heavy atom.